The number of carbonyl (C=O) groups excluding carboxylic acids is 1. The summed E-state index contributed by atoms with van der Waals surface area (Å²) in [5.74, 6) is 0.0703. The monoisotopic (exact) mass is 207 g/mol. The zero-order valence-electron chi connectivity index (χ0n) is 8.39. The van der Waals surface area contributed by atoms with Gasteiger partial charge in [0.1, 0.15) is 6.10 Å². The maximum absolute atomic E-state index is 11.7. The molecule has 2 rings (SSSR count). The Bertz CT molecular complexity index is 320. The number of ketones is 1. The van der Waals surface area contributed by atoms with Gasteiger partial charge in [0.15, 0.2) is 5.78 Å². The number of rotatable bonds is 3. The van der Waals surface area contributed by atoms with Gasteiger partial charge in [-0.05, 0) is 17.7 Å². The van der Waals surface area contributed by atoms with E-state index in [2.05, 4.69) is 4.98 Å². The second-order valence-electron chi connectivity index (χ2n) is 3.43. The van der Waals surface area contributed by atoms with E-state index in [1.54, 1.807) is 12.4 Å². The molecule has 1 aromatic heterocycles. The number of ether oxygens (including phenoxy) is 2. The van der Waals surface area contributed by atoms with Gasteiger partial charge in [-0.15, -0.1) is 0 Å². The number of carbonyl (C=O) groups is 1. The molecule has 80 valence electrons. The number of hydrogen-bond acceptors (Lipinski definition) is 4. The number of Topliss-reactive ketones (excluding diaryl/α,β-unsaturated/α-hetero) is 1. The molecule has 0 N–H and O–H groups in total. The van der Waals surface area contributed by atoms with Crippen molar-refractivity contribution < 1.29 is 14.3 Å². The Balaban J connectivity index is 1.91. The summed E-state index contributed by atoms with van der Waals surface area (Å²) in [6.07, 6.45) is 3.35. The lowest BCUT2D eigenvalue weighted by Gasteiger charge is -2.21. The van der Waals surface area contributed by atoms with Gasteiger partial charge in [0, 0.05) is 18.8 Å². The minimum Gasteiger partial charge on any atom is -0.376 e. The fourth-order valence-electron chi connectivity index (χ4n) is 1.49. The van der Waals surface area contributed by atoms with E-state index in [0.29, 0.717) is 26.2 Å². The van der Waals surface area contributed by atoms with E-state index < -0.39 is 6.10 Å². The number of pyridine rings is 1. The van der Waals surface area contributed by atoms with E-state index in [9.17, 15) is 4.79 Å². The first-order valence-electron chi connectivity index (χ1n) is 4.97. The highest BCUT2D eigenvalue weighted by atomic mass is 16.6. The molecule has 0 spiro atoms. The molecule has 1 aliphatic rings. The summed E-state index contributed by atoms with van der Waals surface area (Å²) in [6, 6.07) is 3.67. The molecule has 4 heteroatoms. The van der Waals surface area contributed by atoms with Crippen molar-refractivity contribution in [2.75, 3.05) is 19.8 Å². The summed E-state index contributed by atoms with van der Waals surface area (Å²) in [7, 11) is 0. The molecular formula is C11H13NO3. The third-order valence-corrected chi connectivity index (χ3v) is 2.30. The highest BCUT2D eigenvalue weighted by Gasteiger charge is 2.22. The molecular weight excluding hydrogens is 194 g/mol. The van der Waals surface area contributed by atoms with Crippen molar-refractivity contribution in [1.29, 1.82) is 0 Å². The van der Waals surface area contributed by atoms with Crippen LogP contribution in [0.25, 0.3) is 0 Å². The Morgan fingerprint density at radius 2 is 2.20 bits per heavy atom. The molecule has 1 fully saturated rings. The zero-order chi connectivity index (χ0) is 10.5. The van der Waals surface area contributed by atoms with Crippen LogP contribution in [0, 0.1) is 0 Å². The Morgan fingerprint density at radius 3 is 2.87 bits per heavy atom. The lowest BCUT2D eigenvalue weighted by molar-refractivity contribution is -0.144. The summed E-state index contributed by atoms with van der Waals surface area (Å²) in [5, 5.41) is 0. The van der Waals surface area contributed by atoms with Crippen LogP contribution in [0.3, 0.4) is 0 Å². The largest absolute Gasteiger partial charge is 0.376 e. The SMILES string of the molecule is O=C(Cc1ccncc1)C1COCCO1. The van der Waals surface area contributed by atoms with Crippen LogP contribution in [0.1, 0.15) is 5.56 Å². The Kier molecular flexibility index (Phi) is 3.42. The van der Waals surface area contributed by atoms with Crippen LogP contribution in [0.5, 0.6) is 0 Å². The van der Waals surface area contributed by atoms with Gasteiger partial charge in [0.25, 0.3) is 0 Å². The number of aromatic nitrogens is 1. The molecule has 0 amide bonds. The third-order valence-electron chi connectivity index (χ3n) is 2.30. The number of hydrogen-bond donors (Lipinski definition) is 0. The summed E-state index contributed by atoms with van der Waals surface area (Å²) >= 11 is 0. The summed E-state index contributed by atoms with van der Waals surface area (Å²) in [6.45, 7) is 1.47. The first kappa shape index (κ1) is 10.3. The van der Waals surface area contributed by atoms with Crippen LogP contribution in [0.4, 0.5) is 0 Å². The van der Waals surface area contributed by atoms with E-state index in [0.717, 1.165) is 5.56 Å². The molecule has 15 heavy (non-hydrogen) atoms. The van der Waals surface area contributed by atoms with Gasteiger partial charge in [0.2, 0.25) is 0 Å². The maximum atomic E-state index is 11.7. The average molecular weight is 207 g/mol. The van der Waals surface area contributed by atoms with Crippen molar-refractivity contribution in [3.63, 3.8) is 0 Å². The lowest BCUT2D eigenvalue weighted by Crippen LogP contribution is -2.36. The van der Waals surface area contributed by atoms with E-state index in [4.69, 9.17) is 9.47 Å². The first-order valence-corrected chi connectivity index (χ1v) is 4.97. The van der Waals surface area contributed by atoms with Crippen molar-refractivity contribution in [2.45, 2.75) is 12.5 Å². The third kappa shape index (κ3) is 2.84. The molecule has 1 aromatic rings. The van der Waals surface area contributed by atoms with Crippen molar-refractivity contribution >= 4 is 5.78 Å². The molecule has 0 saturated carbocycles. The van der Waals surface area contributed by atoms with Crippen LogP contribution in [-0.4, -0.2) is 36.7 Å². The van der Waals surface area contributed by atoms with Gasteiger partial charge in [-0.25, -0.2) is 0 Å². The zero-order valence-corrected chi connectivity index (χ0v) is 8.39. The topological polar surface area (TPSA) is 48.4 Å². The predicted octanol–water partition coefficient (Wildman–Crippen LogP) is 0.609. The van der Waals surface area contributed by atoms with Crippen LogP contribution < -0.4 is 0 Å². The fourth-order valence-corrected chi connectivity index (χ4v) is 1.49. The predicted molar refractivity (Wildman–Crippen MR) is 53.5 cm³/mol. The highest BCUT2D eigenvalue weighted by molar-refractivity contribution is 5.85. The molecule has 4 nitrogen and oxygen atoms in total. The maximum Gasteiger partial charge on any atom is 0.168 e. The Hall–Kier alpha value is -1.26. The standard InChI is InChI=1S/C11H13NO3/c13-10(11-8-14-5-6-15-11)7-9-1-3-12-4-2-9/h1-4,11H,5-8H2. The summed E-state index contributed by atoms with van der Waals surface area (Å²) in [4.78, 5) is 15.6. The minimum absolute atomic E-state index is 0.0703. The van der Waals surface area contributed by atoms with Crippen molar-refractivity contribution in [2.24, 2.45) is 0 Å². The quantitative estimate of drug-likeness (QED) is 0.728. The van der Waals surface area contributed by atoms with Gasteiger partial charge < -0.3 is 9.47 Å². The smallest absolute Gasteiger partial charge is 0.168 e. The molecule has 1 aliphatic heterocycles. The van der Waals surface area contributed by atoms with E-state index in [1.165, 1.54) is 0 Å². The second kappa shape index (κ2) is 5.00. The summed E-state index contributed by atoms with van der Waals surface area (Å²) < 4.78 is 10.5. The van der Waals surface area contributed by atoms with Crippen molar-refractivity contribution in [3.05, 3.63) is 30.1 Å². The van der Waals surface area contributed by atoms with Gasteiger partial charge in [0.05, 0.1) is 19.8 Å². The minimum atomic E-state index is -0.396. The van der Waals surface area contributed by atoms with Gasteiger partial charge >= 0.3 is 0 Å². The lowest BCUT2D eigenvalue weighted by atomic mass is 10.1. The molecule has 0 aromatic carbocycles. The van der Waals surface area contributed by atoms with Gasteiger partial charge in [-0.2, -0.15) is 0 Å². The molecule has 2 heterocycles. The number of nitrogens with zero attached hydrogens (tertiary/aromatic N) is 1. The van der Waals surface area contributed by atoms with E-state index in [-0.39, 0.29) is 5.78 Å². The molecule has 1 saturated heterocycles. The normalized spacial score (nSPS) is 21.2. The van der Waals surface area contributed by atoms with E-state index in [1.807, 2.05) is 12.1 Å². The molecule has 0 bridgehead atoms. The van der Waals surface area contributed by atoms with Crippen molar-refractivity contribution in [3.8, 4) is 0 Å². The van der Waals surface area contributed by atoms with Crippen LogP contribution in [-0.2, 0) is 20.7 Å². The fraction of sp³-hybridized carbons (Fsp3) is 0.455. The highest BCUT2D eigenvalue weighted by Crippen LogP contribution is 2.06. The van der Waals surface area contributed by atoms with Crippen LogP contribution >= 0.6 is 0 Å². The Morgan fingerprint density at radius 1 is 1.40 bits per heavy atom. The second-order valence-corrected chi connectivity index (χ2v) is 3.43. The molecule has 1 unspecified atom stereocenters. The summed E-state index contributed by atoms with van der Waals surface area (Å²) in [5.41, 5.74) is 0.962. The van der Waals surface area contributed by atoms with E-state index >= 15 is 0 Å². The van der Waals surface area contributed by atoms with Gasteiger partial charge in [-0.3, -0.25) is 9.78 Å². The molecule has 0 aliphatic carbocycles. The van der Waals surface area contributed by atoms with Crippen LogP contribution in [0.15, 0.2) is 24.5 Å². The van der Waals surface area contributed by atoms with Gasteiger partial charge in [-0.1, -0.05) is 0 Å². The van der Waals surface area contributed by atoms with Crippen molar-refractivity contribution in [1.82, 2.24) is 4.98 Å². The first-order chi connectivity index (χ1) is 7.36. The average Bonchev–Trinajstić information content (AvgIpc) is 2.31. The Labute approximate surface area is 88.2 Å². The molecule has 1 atom stereocenters. The van der Waals surface area contributed by atoms with Crippen LogP contribution in [0.2, 0.25) is 0 Å². The molecule has 0 radical (unpaired) electrons.